The second-order valence-corrected chi connectivity index (χ2v) is 5.67. The van der Waals surface area contributed by atoms with Gasteiger partial charge in [-0.2, -0.15) is 0 Å². The van der Waals surface area contributed by atoms with Crippen molar-refractivity contribution in [2.75, 3.05) is 6.67 Å². The molecule has 1 atom stereocenters. The molecule has 1 aliphatic carbocycles. The lowest BCUT2D eigenvalue weighted by Crippen LogP contribution is -2.52. The summed E-state index contributed by atoms with van der Waals surface area (Å²) in [4.78, 5) is 23.6. The number of halogens is 2. The number of carbonyl (C=O) groups is 2. The van der Waals surface area contributed by atoms with Crippen LogP contribution in [0.3, 0.4) is 0 Å². The van der Waals surface area contributed by atoms with Crippen LogP contribution in [0.1, 0.15) is 37.7 Å². The molecule has 1 unspecified atom stereocenters. The summed E-state index contributed by atoms with van der Waals surface area (Å²) in [5, 5.41) is 11.2. The number of alkyl halides is 1. The van der Waals surface area contributed by atoms with E-state index in [4.69, 9.17) is 5.11 Å². The van der Waals surface area contributed by atoms with Crippen molar-refractivity contribution in [2.24, 2.45) is 0 Å². The molecular formula is C16H19F2NO3. The van der Waals surface area contributed by atoms with Crippen LogP contribution in [0.15, 0.2) is 24.3 Å². The van der Waals surface area contributed by atoms with Crippen LogP contribution in [0, 0.1) is 5.82 Å². The van der Waals surface area contributed by atoms with Crippen LogP contribution in [0.25, 0.3) is 0 Å². The van der Waals surface area contributed by atoms with E-state index in [0.29, 0.717) is 18.4 Å². The Labute approximate surface area is 127 Å². The molecular weight excluding hydrogens is 292 g/mol. The third-order valence-electron chi connectivity index (χ3n) is 4.30. The van der Waals surface area contributed by atoms with Crippen molar-refractivity contribution in [3.05, 3.63) is 35.6 Å². The summed E-state index contributed by atoms with van der Waals surface area (Å²) in [6.45, 7) is -1.17. The van der Waals surface area contributed by atoms with Crippen LogP contribution < -0.4 is 5.32 Å². The van der Waals surface area contributed by atoms with Crippen molar-refractivity contribution in [3.8, 4) is 0 Å². The average molecular weight is 311 g/mol. The molecule has 1 amide bonds. The fourth-order valence-corrected chi connectivity index (χ4v) is 3.03. The molecule has 1 aliphatic rings. The Morgan fingerprint density at radius 1 is 1.18 bits per heavy atom. The number of aliphatic carboxylic acids is 1. The van der Waals surface area contributed by atoms with Gasteiger partial charge in [0.25, 0.3) is 0 Å². The number of carbonyl (C=O) groups excluding carboxylic acids is 1. The van der Waals surface area contributed by atoms with Gasteiger partial charge in [0.15, 0.2) is 6.04 Å². The summed E-state index contributed by atoms with van der Waals surface area (Å²) in [6, 6.07) is 4.11. The van der Waals surface area contributed by atoms with Crippen molar-refractivity contribution in [1.29, 1.82) is 0 Å². The maximum atomic E-state index is 13.1. The van der Waals surface area contributed by atoms with E-state index in [1.54, 1.807) is 12.1 Å². The zero-order valence-corrected chi connectivity index (χ0v) is 12.1. The molecule has 6 heteroatoms. The van der Waals surface area contributed by atoms with E-state index >= 15 is 0 Å². The Bertz CT molecular complexity index is 539. The molecule has 1 aromatic carbocycles. The normalized spacial score (nSPS) is 18.5. The summed E-state index contributed by atoms with van der Waals surface area (Å²) in [5.41, 5.74) is -0.261. The Balaban J connectivity index is 2.30. The highest BCUT2D eigenvalue weighted by molar-refractivity contribution is 5.91. The van der Waals surface area contributed by atoms with Crippen molar-refractivity contribution in [1.82, 2.24) is 5.32 Å². The average Bonchev–Trinajstić information content (AvgIpc) is 2.53. The smallest absolute Gasteiger partial charge is 0.328 e. The lowest BCUT2D eigenvalue weighted by atomic mass is 9.68. The Morgan fingerprint density at radius 2 is 1.77 bits per heavy atom. The van der Waals surface area contributed by atoms with Crippen LogP contribution in [-0.2, 0) is 15.0 Å². The molecule has 4 nitrogen and oxygen atoms in total. The molecule has 0 saturated heterocycles. The molecule has 1 saturated carbocycles. The quantitative estimate of drug-likeness (QED) is 0.878. The number of amides is 1. The monoisotopic (exact) mass is 311 g/mol. The number of nitrogens with one attached hydrogen (secondary N) is 1. The van der Waals surface area contributed by atoms with Crippen molar-refractivity contribution >= 4 is 11.9 Å². The van der Waals surface area contributed by atoms with Gasteiger partial charge in [0.05, 0.1) is 5.41 Å². The van der Waals surface area contributed by atoms with Gasteiger partial charge < -0.3 is 10.4 Å². The van der Waals surface area contributed by atoms with E-state index in [9.17, 15) is 18.4 Å². The number of rotatable bonds is 5. The molecule has 22 heavy (non-hydrogen) atoms. The van der Waals surface area contributed by atoms with Crippen LogP contribution >= 0.6 is 0 Å². The molecule has 0 heterocycles. The summed E-state index contributed by atoms with van der Waals surface area (Å²) in [5.74, 6) is -2.30. The minimum atomic E-state index is -1.55. The van der Waals surface area contributed by atoms with Gasteiger partial charge in [-0.15, -0.1) is 0 Å². The summed E-state index contributed by atoms with van der Waals surface area (Å²) in [6.07, 6.45) is 3.71. The van der Waals surface area contributed by atoms with Crippen molar-refractivity contribution < 1.29 is 23.5 Å². The third-order valence-corrected chi connectivity index (χ3v) is 4.30. The van der Waals surface area contributed by atoms with Gasteiger partial charge in [-0.05, 0) is 30.5 Å². The fraction of sp³-hybridized carbons (Fsp3) is 0.500. The minimum Gasteiger partial charge on any atom is -0.480 e. The standard InChI is InChI=1S/C16H19F2NO3/c17-10-13(14(20)21)19-15(22)16(8-2-1-3-9-16)11-4-6-12(18)7-5-11/h4-7,13H,1-3,8-10H2,(H,19,22)(H,20,21). The van der Waals surface area contributed by atoms with E-state index in [0.717, 1.165) is 19.3 Å². The largest absolute Gasteiger partial charge is 0.480 e. The summed E-state index contributed by atoms with van der Waals surface area (Å²) < 4.78 is 25.9. The molecule has 0 radical (unpaired) electrons. The van der Waals surface area contributed by atoms with Gasteiger partial charge in [0.1, 0.15) is 12.5 Å². The third kappa shape index (κ3) is 3.26. The second-order valence-electron chi connectivity index (χ2n) is 5.67. The van der Waals surface area contributed by atoms with E-state index in [2.05, 4.69) is 5.32 Å². The first-order chi connectivity index (χ1) is 10.5. The SMILES string of the molecule is O=C(O)C(CF)NC(=O)C1(c2ccc(F)cc2)CCCCC1. The molecule has 0 bridgehead atoms. The molecule has 2 N–H and O–H groups in total. The molecule has 0 aliphatic heterocycles. The van der Waals surface area contributed by atoms with Gasteiger partial charge in [-0.25, -0.2) is 13.6 Å². The zero-order valence-electron chi connectivity index (χ0n) is 12.1. The summed E-state index contributed by atoms with van der Waals surface area (Å²) in [7, 11) is 0. The molecule has 0 aromatic heterocycles. The van der Waals surface area contributed by atoms with Crippen LogP contribution in [0.4, 0.5) is 8.78 Å². The van der Waals surface area contributed by atoms with Crippen LogP contribution in [-0.4, -0.2) is 29.7 Å². The maximum absolute atomic E-state index is 13.1. The fourth-order valence-electron chi connectivity index (χ4n) is 3.03. The predicted molar refractivity (Wildman–Crippen MR) is 76.7 cm³/mol. The number of carboxylic acids is 1. The molecule has 1 fully saturated rings. The highest BCUT2D eigenvalue weighted by atomic mass is 19.1. The Kier molecular flexibility index (Phi) is 5.11. The highest BCUT2D eigenvalue weighted by Gasteiger charge is 2.42. The number of hydrogen-bond acceptors (Lipinski definition) is 2. The topological polar surface area (TPSA) is 66.4 Å². The highest BCUT2D eigenvalue weighted by Crippen LogP contribution is 2.39. The van der Waals surface area contributed by atoms with Gasteiger partial charge in [0.2, 0.25) is 5.91 Å². The lowest BCUT2D eigenvalue weighted by molar-refractivity contribution is -0.143. The van der Waals surface area contributed by atoms with Gasteiger partial charge >= 0.3 is 5.97 Å². The minimum absolute atomic E-state index is 0.401. The predicted octanol–water partition coefficient (Wildman–Crippen LogP) is 2.57. The maximum Gasteiger partial charge on any atom is 0.328 e. The van der Waals surface area contributed by atoms with Gasteiger partial charge in [-0.3, -0.25) is 4.79 Å². The molecule has 0 spiro atoms. The van der Waals surface area contributed by atoms with Crippen LogP contribution in [0.2, 0.25) is 0 Å². The number of carboxylic acid groups (broad SMARTS) is 1. The summed E-state index contributed by atoms with van der Waals surface area (Å²) >= 11 is 0. The molecule has 2 rings (SSSR count). The van der Waals surface area contributed by atoms with Crippen LogP contribution in [0.5, 0.6) is 0 Å². The van der Waals surface area contributed by atoms with E-state index < -0.39 is 35.8 Å². The van der Waals surface area contributed by atoms with Crippen molar-refractivity contribution in [3.63, 3.8) is 0 Å². The van der Waals surface area contributed by atoms with E-state index in [1.165, 1.54) is 12.1 Å². The number of hydrogen-bond donors (Lipinski definition) is 2. The lowest BCUT2D eigenvalue weighted by Gasteiger charge is -2.37. The zero-order chi connectivity index (χ0) is 16.2. The van der Waals surface area contributed by atoms with Crippen molar-refractivity contribution in [2.45, 2.75) is 43.6 Å². The Morgan fingerprint density at radius 3 is 2.27 bits per heavy atom. The Hall–Kier alpha value is -1.98. The number of benzene rings is 1. The van der Waals surface area contributed by atoms with Gasteiger partial charge in [-0.1, -0.05) is 31.4 Å². The first-order valence-electron chi connectivity index (χ1n) is 7.35. The molecule has 1 aromatic rings. The first-order valence-corrected chi connectivity index (χ1v) is 7.35. The van der Waals surface area contributed by atoms with E-state index in [-0.39, 0.29) is 0 Å². The molecule has 120 valence electrons. The first kappa shape index (κ1) is 16.4. The second kappa shape index (κ2) is 6.85. The van der Waals surface area contributed by atoms with Gasteiger partial charge in [0, 0.05) is 0 Å². The van der Waals surface area contributed by atoms with E-state index in [1.807, 2.05) is 0 Å².